The largest absolute Gasteiger partial charge is 0.373 e. The Balaban J connectivity index is 1.75. The van der Waals surface area contributed by atoms with Gasteiger partial charge in [-0.3, -0.25) is 0 Å². The molecule has 110 valence electrons. The summed E-state index contributed by atoms with van der Waals surface area (Å²) in [5.74, 6) is 0.877. The topological polar surface area (TPSA) is 12.5 Å². The minimum atomic E-state index is 0.538. The number of unbranched alkanes of at least 4 members (excludes halogenated alkanes) is 5. The summed E-state index contributed by atoms with van der Waals surface area (Å²) in [5.41, 5.74) is 0. The summed E-state index contributed by atoms with van der Waals surface area (Å²) in [6.07, 6.45) is 21.5. The molecule has 1 fully saturated rings. The van der Waals surface area contributed by atoms with E-state index < -0.39 is 0 Å². The van der Waals surface area contributed by atoms with Gasteiger partial charge in [-0.1, -0.05) is 70.3 Å². The maximum atomic E-state index is 5.15. The Kier molecular flexibility index (Phi) is 9.79. The number of hydrogen-bond acceptors (Lipinski definition) is 1. The molecule has 1 heteroatoms. The first-order valence-corrected chi connectivity index (χ1v) is 8.20. The van der Waals surface area contributed by atoms with Gasteiger partial charge in [0, 0.05) is 0 Å². The third-order valence-electron chi connectivity index (χ3n) is 3.56. The average Bonchev–Trinajstić information content (AvgIpc) is 3.18. The molecule has 1 aliphatic heterocycles. The van der Waals surface area contributed by atoms with Gasteiger partial charge >= 0.3 is 0 Å². The third kappa shape index (κ3) is 12.2. The Hall–Kier alpha value is -0.560. The van der Waals surface area contributed by atoms with Crippen LogP contribution in [0.25, 0.3) is 0 Å². The molecule has 1 heterocycles. The average molecular weight is 264 g/mol. The van der Waals surface area contributed by atoms with E-state index in [1.54, 1.807) is 0 Å². The normalized spacial score (nSPS) is 19.0. The van der Waals surface area contributed by atoms with Gasteiger partial charge in [0.2, 0.25) is 0 Å². The van der Waals surface area contributed by atoms with E-state index in [0.29, 0.717) is 6.10 Å². The quantitative estimate of drug-likeness (QED) is 0.251. The molecule has 0 aromatic carbocycles. The predicted molar refractivity (Wildman–Crippen MR) is 84.4 cm³/mol. The van der Waals surface area contributed by atoms with Crippen molar-refractivity contribution in [3.05, 3.63) is 24.3 Å². The Morgan fingerprint density at radius 1 is 0.947 bits per heavy atom. The van der Waals surface area contributed by atoms with Crippen LogP contribution in [0.3, 0.4) is 0 Å². The van der Waals surface area contributed by atoms with Gasteiger partial charge in [0.25, 0.3) is 0 Å². The van der Waals surface area contributed by atoms with Gasteiger partial charge in [-0.25, -0.2) is 0 Å². The van der Waals surface area contributed by atoms with Crippen LogP contribution in [-0.2, 0) is 4.74 Å². The fraction of sp³-hybridized carbons (Fsp3) is 0.778. The van der Waals surface area contributed by atoms with E-state index in [-0.39, 0.29) is 0 Å². The monoisotopic (exact) mass is 264 g/mol. The number of epoxide rings is 1. The summed E-state index contributed by atoms with van der Waals surface area (Å²) >= 11 is 0. The minimum Gasteiger partial charge on any atom is -0.373 e. The molecule has 0 aromatic rings. The van der Waals surface area contributed by atoms with Crippen LogP contribution in [0.1, 0.15) is 71.6 Å². The van der Waals surface area contributed by atoms with Crippen molar-refractivity contribution in [3.8, 4) is 0 Å². The van der Waals surface area contributed by atoms with E-state index in [1.807, 2.05) is 0 Å². The molecule has 1 rings (SSSR count). The van der Waals surface area contributed by atoms with Crippen molar-refractivity contribution in [2.24, 2.45) is 5.92 Å². The highest BCUT2D eigenvalue weighted by atomic mass is 16.6. The molecule has 1 aliphatic rings. The van der Waals surface area contributed by atoms with E-state index in [2.05, 4.69) is 38.2 Å². The van der Waals surface area contributed by atoms with Gasteiger partial charge < -0.3 is 4.74 Å². The molecule has 0 N–H and O–H groups in total. The Labute approximate surface area is 120 Å². The van der Waals surface area contributed by atoms with Crippen LogP contribution in [0.15, 0.2) is 24.3 Å². The first-order valence-electron chi connectivity index (χ1n) is 8.20. The third-order valence-corrected chi connectivity index (χ3v) is 3.56. The summed E-state index contributed by atoms with van der Waals surface area (Å²) in [5, 5.41) is 0. The number of rotatable bonds is 12. The highest BCUT2D eigenvalue weighted by molar-refractivity contribution is 4.94. The highest BCUT2D eigenvalue weighted by Gasteiger charge is 2.19. The first-order chi connectivity index (χ1) is 9.29. The molecular weight excluding hydrogens is 232 g/mol. The van der Waals surface area contributed by atoms with Gasteiger partial charge in [-0.2, -0.15) is 0 Å². The lowest BCUT2D eigenvalue weighted by atomic mass is 10.0. The van der Waals surface area contributed by atoms with Crippen LogP contribution in [0.2, 0.25) is 0 Å². The standard InChI is InChI=1S/C18H32O/c1-17(2)14-12-10-8-6-4-3-5-7-9-11-13-15-18-16-19-18/h5,7,11,13,17-18H,3-4,6,8-10,12,14-16H2,1-2H3. The lowest BCUT2D eigenvalue weighted by molar-refractivity contribution is 0.410. The molecular formula is C18H32O. The van der Waals surface area contributed by atoms with Crippen molar-refractivity contribution < 1.29 is 4.74 Å². The SMILES string of the molecule is CC(C)CCCCCCCC=CCC=CCC1CO1. The van der Waals surface area contributed by atoms with E-state index in [1.165, 1.54) is 44.9 Å². The van der Waals surface area contributed by atoms with Gasteiger partial charge in [-0.05, 0) is 31.6 Å². The smallest absolute Gasteiger partial charge is 0.0844 e. The van der Waals surface area contributed by atoms with Crippen molar-refractivity contribution in [2.75, 3.05) is 6.61 Å². The van der Waals surface area contributed by atoms with Gasteiger partial charge in [0.05, 0.1) is 12.7 Å². The van der Waals surface area contributed by atoms with Gasteiger partial charge in [-0.15, -0.1) is 0 Å². The Morgan fingerprint density at radius 3 is 2.37 bits per heavy atom. The van der Waals surface area contributed by atoms with Crippen LogP contribution >= 0.6 is 0 Å². The molecule has 1 atom stereocenters. The minimum absolute atomic E-state index is 0.538. The summed E-state index contributed by atoms with van der Waals surface area (Å²) in [7, 11) is 0. The van der Waals surface area contributed by atoms with Gasteiger partial charge in [0.1, 0.15) is 0 Å². The van der Waals surface area contributed by atoms with Gasteiger partial charge in [0.15, 0.2) is 0 Å². The highest BCUT2D eigenvalue weighted by Crippen LogP contribution is 2.14. The zero-order valence-corrected chi connectivity index (χ0v) is 12.9. The van der Waals surface area contributed by atoms with Crippen LogP contribution in [-0.4, -0.2) is 12.7 Å². The molecule has 1 unspecified atom stereocenters. The van der Waals surface area contributed by atoms with Crippen LogP contribution < -0.4 is 0 Å². The molecule has 1 saturated heterocycles. The lowest BCUT2D eigenvalue weighted by Gasteiger charge is -2.03. The molecule has 0 aliphatic carbocycles. The maximum Gasteiger partial charge on any atom is 0.0844 e. The molecule has 0 bridgehead atoms. The molecule has 0 aromatic heterocycles. The van der Waals surface area contributed by atoms with E-state index in [4.69, 9.17) is 4.74 Å². The van der Waals surface area contributed by atoms with E-state index >= 15 is 0 Å². The molecule has 19 heavy (non-hydrogen) atoms. The summed E-state index contributed by atoms with van der Waals surface area (Å²) < 4.78 is 5.15. The fourth-order valence-corrected chi connectivity index (χ4v) is 2.19. The second kappa shape index (κ2) is 11.3. The maximum absolute atomic E-state index is 5.15. The molecule has 0 saturated carbocycles. The Morgan fingerprint density at radius 2 is 1.63 bits per heavy atom. The molecule has 0 amide bonds. The lowest BCUT2D eigenvalue weighted by Crippen LogP contribution is -1.86. The fourth-order valence-electron chi connectivity index (χ4n) is 2.19. The molecule has 1 nitrogen and oxygen atoms in total. The molecule has 0 radical (unpaired) electrons. The van der Waals surface area contributed by atoms with Crippen molar-refractivity contribution in [3.63, 3.8) is 0 Å². The zero-order valence-electron chi connectivity index (χ0n) is 12.9. The van der Waals surface area contributed by atoms with Crippen molar-refractivity contribution in [1.82, 2.24) is 0 Å². The number of hydrogen-bond donors (Lipinski definition) is 0. The van der Waals surface area contributed by atoms with Crippen molar-refractivity contribution >= 4 is 0 Å². The predicted octanol–water partition coefficient (Wildman–Crippen LogP) is 5.66. The van der Waals surface area contributed by atoms with E-state index in [9.17, 15) is 0 Å². The van der Waals surface area contributed by atoms with Crippen LogP contribution in [0.4, 0.5) is 0 Å². The summed E-state index contributed by atoms with van der Waals surface area (Å²) in [6.45, 7) is 5.60. The number of allylic oxidation sites excluding steroid dienone is 3. The first kappa shape index (κ1) is 16.5. The summed E-state index contributed by atoms with van der Waals surface area (Å²) in [4.78, 5) is 0. The van der Waals surface area contributed by atoms with E-state index in [0.717, 1.165) is 25.4 Å². The van der Waals surface area contributed by atoms with Crippen LogP contribution in [0, 0.1) is 5.92 Å². The van der Waals surface area contributed by atoms with Crippen molar-refractivity contribution in [1.29, 1.82) is 0 Å². The molecule has 0 spiro atoms. The van der Waals surface area contributed by atoms with Crippen LogP contribution in [0.5, 0.6) is 0 Å². The summed E-state index contributed by atoms with van der Waals surface area (Å²) in [6, 6.07) is 0. The van der Waals surface area contributed by atoms with Crippen molar-refractivity contribution in [2.45, 2.75) is 77.7 Å². The number of ether oxygens (including phenoxy) is 1. The Bertz CT molecular complexity index is 248. The second-order valence-electron chi connectivity index (χ2n) is 6.11. The zero-order chi connectivity index (χ0) is 13.8. The second-order valence-corrected chi connectivity index (χ2v) is 6.11.